The van der Waals surface area contributed by atoms with Crippen LogP contribution in [0.2, 0.25) is 0 Å². The fourth-order valence-corrected chi connectivity index (χ4v) is 4.17. The van der Waals surface area contributed by atoms with Crippen LogP contribution in [0.15, 0.2) is 11.8 Å². The molecule has 0 saturated carbocycles. The lowest BCUT2D eigenvalue weighted by Crippen LogP contribution is -2.07. The molecule has 206 valence electrons. The summed E-state index contributed by atoms with van der Waals surface area (Å²) in [6.45, 7) is 11.5. The lowest BCUT2D eigenvalue weighted by molar-refractivity contribution is 0.119. The van der Waals surface area contributed by atoms with Crippen molar-refractivity contribution < 1.29 is 4.74 Å². The molecule has 0 rings (SSSR count). The van der Waals surface area contributed by atoms with Gasteiger partial charge in [0.25, 0.3) is 0 Å². The Balaban J connectivity index is 0. The predicted molar refractivity (Wildman–Crippen MR) is 155 cm³/mol. The Morgan fingerprint density at radius 1 is 0.647 bits per heavy atom. The third-order valence-electron chi connectivity index (χ3n) is 6.58. The van der Waals surface area contributed by atoms with Crippen molar-refractivity contribution in [2.75, 3.05) is 19.8 Å². The van der Waals surface area contributed by atoms with Crippen LogP contribution in [0.1, 0.15) is 163 Å². The molecular weight excluding hydrogens is 416 g/mol. The van der Waals surface area contributed by atoms with Crippen LogP contribution in [0.3, 0.4) is 0 Å². The second kappa shape index (κ2) is 32.5. The van der Waals surface area contributed by atoms with Gasteiger partial charge in [-0.2, -0.15) is 0 Å². The van der Waals surface area contributed by atoms with E-state index in [0.717, 1.165) is 50.6 Å². The Bertz CT molecular complexity index is 370. The van der Waals surface area contributed by atoms with Gasteiger partial charge in [-0.3, -0.25) is 0 Å². The average Bonchev–Trinajstić information content (AvgIpc) is 2.83. The monoisotopic (exact) mass is 483 g/mol. The van der Waals surface area contributed by atoms with E-state index in [1.54, 1.807) is 0 Å². The summed E-state index contributed by atoms with van der Waals surface area (Å²) in [5, 5.41) is 0. The van der Waals surface area contributed by atoms with Crippen molar-refractivity contribution in [3.63, 3.8) is 0 Å². The smallest absolute Gasteiger partial charge is 0.0478 e. The summed E-state index contributed by atoms with van der Waals surface area (Å²) < 4.78 is 5.51. The highest BCUT2D eigenvalue weighted by Crippen LogP contribution is 2.14. The van der Waals surface area contributed by atoms with Crippen molar-refractivity contribution in [1.29, 1.82) is 0 Å². The van der Waals surface area contributed by atoms with Crippen LogP contribution < -0.4 is 11.5 Å². The minimum absolute atomic E-state index is 0.743. The van der Waals surface area contributed by atoms with Gasteiger partial charge in [-0.15, -0.1) is 0 Å². The van der Waals surface area contributed by atoms with Gasteiger partial charge in [0.2, 0.25) is 0 Å². The summed E-state index contributed by atoms with van der Waals surface area (Å²) in [4.78, 5) is 0. The van der Waals surface area contributed by atoms with Crippen molar-refractivity contribution in [2.24, 2.45) is 17.4 Å². The summed E-state index contributed by atoms with van der Waals surface area (Å²) in [6.07, 6.45) is 30.3. The number of hydrogen-bond acceptors (Lipinski definition) is 3. The minimum atomic E-state index is 0.743. The molecule has 0 amide bonds. The SMILES string of the molecule is CC/C=C(\N)CCCCCCCCCCCCC.CCCCCCCC(C)CCOCCCN. The molecule has 0 aliphatic heterocycles. The molecule has 0 fully saturated rings. The van der Waals surface area contributed by atoms with Crippen LogP contribution in [-0.2, 0) is 4.74 Å². The third-order valence-corrected chi connectivity index (χ3v) is 6.58. The highest BCUT2D eigenvalue weighted by molar-refractivity contribution is 4.95. The maximum Gasteiger partial charge on any atom is 0.0478 e. The summed E-state index contributed by atoms with van der Waals surface area (Å²) >= 11 is 0. The molecule has 0 heterocycles. The van der Waals surface area contributed by atoms with Crippen LogP contribution in [0.4, 0.5) is 0 Å². The quantitative estimate of drug-likeness (QED) is 0.127. The fraction of sp³-hybridized carbons (Fsp3) is 0.935. The highest BCUT2D eigenvalue weighted by atomic mass is 16.5. The minimum Gasteiger partial charge on any atom is -0.402 e. The molecule has 1 unspecified atom stereocenters. The van der Waals surface area contributed by atoms with E-state index in [2.05, 4.69) is 33.8 Å². The Morgan fingerprint density at radius 2 is 1.15 bits per heavy atom. The number of nitrogens with two attached hydrogens (primary N) is 2. The first-order chi connectivity index (χ1) is 16.6. The van der Waals surface area contributed by atoms with Gasteiger partial charge < -0.3 is 16.2 Å². The summed E-state index contributed by atoms with van der Waals surface area (Å²) in [7, 11) is 0. The van der Waals surface area contributed by atoms with E-state index in [9.17, 15) is 0 Å². The Kier molecular flexibility index (Phi) is 34.0. The van der Waals surface area contributed by atoms with Crippen LogP contribution in [0.5, 0.6) is 0 Å². The lowest BCUT2D eigenvalue weighted by atomic mass is 10.00. The van der Waals surface area contributed by atoms with Crippen molar-refractivity contribution in [2.45, 2.75) is 163 Å². The van der Waals surface area contributed by atoms with E-state index in [-0.39, 0.29) is 0 Å². The zero-order valence-electron chi connectivity index (χ0n) is 24.2. The molecule has 0 aromatic carbocycles. The standard InChI is InChI=1S/C17H35N.C14H31NO/c1-3-5-6-7-8-9-10-11-12-13-14-16-17(18)15-4-2;1-3-4-5-6-7-9-14(2)10-13-16-12-8-11-15/h15H,3-14,16,18H2,1-2H3;14H,3-13,15H2,1-2H3/b17-15-;. The van der Waals surface area contributed by atoms with Crippen molar-refractivity contribution in [1.82, 2.24) is 0 Å². The van der Waals surface area contributed by atoms with Gasteiger partial charge in [-0.1, -0.05) is 137 Å². The molecule has 0 aromatic heterocycles. The van der Waals surface area contributed by atoms with Gasteiger partial charge >= 0.3 is 0 Å². The number of allylic oxidation sites excluding steroid dienone is 2. The fourth-order valence-electron chi connectivity index (χ4n) is 4.17. The number of hydrogen-bond donors (Lipinski definition) is 2. The van der Waals surface area contributed by atoms with E-state index in [4.69, 9.17) is 16.2 Å². The topological polar surface area (TPSA) is 61.3 Å². The highest BCUT2D eigenvalue weighted by Gasteiger charge is 2.01. The Labute approximate surface area is 216 Å². The number of ether oxygens (including phenoxy) is 1. The molecule has 0 aliphatic carbocycles. The zero-order valence-corrected chi connectivity index (χ0v) is 24.2. The first kappa shape index (κ1) is 35.6. The summed E-state index contributed by atoms with van der Waals surface area (Å²) in [5.41, 5.74) is 12.4. The van der Waals surface area contributed by atoms with E-state index < -0.39 is 0 Å². The predicted octanol–water partition coefficient (Wildman–Crippen LogP) is 9.68. The molecule has 0 radical (unpaired) electrons. The van der Waals surface area contributed by atoms with Gasteiger partial charge in [-0.05, 0) is 44.6 Å². The lowest BCUT2D eigenvalue weighted by Gasteiger charge is -2.11. The van der Waals surface area contributed by atoms with E-state index in [0.29, 0.717) is 0 Å². The van der Waals surface area contributed by atoms with Crippen LogP contribution in [0, 0.1) is 5.92 Å². The first-order valence-electron chi connectivity index (χ1n) is 15.3. The van der Waals surface area contributed by atoms with E-state index in [1.165, 1.54) is 116 Å². The molecule has 0 spiro atoms. The second-order valence-electron chi connectivity index (χ2n) is 10.3. The largest absolute Gasteiger partial charge is 0.402 e. The maximum absolute atomic E-state index is 5.87. The summed E-state index contributed by atoms with van der Waals surface area (Å²) in [6, 6.07) is 0. The zero-order chi connectivity index (χ0) is 25.5. The van der Waals surface area contributed by atoms with Crippen LogP contribution in [-0.4, -0.2) is 19.8 Å². The Morgan fingerprint density at radius 3 is 1.65 bits per heavy atom. The van der Waals surface area contributed by atoms with E-state index in [1.807, 2.05) is 0 Å². The van der Waals surface area contributed by atoms with E-state index >= 15 is 0 Å². The molecule has 0 saturated heterocycles. The van der Waals surface area contributed by atoms with Gasteiger partial charge in [0.15, 0.2) is 0 Å². The first-order valence-corrected chi connectivity index (χ1v) is 15.3. The van der Waals surface area contributed by atoms with Crippen molar-refractivity contribution >= 4 is 0 Å². The van der Waals surface area contributed by atoms with Crippen molar-refractivity contribution in [3.05, 3.63) is 11.8 Å². The van der Waals surface area contributed by atoms with Crippen molar-refractivity contribution in [3.8, 4) is 0 Å². The van der Waals surface area contributed by atoms with Crippen LogP contribution >= 0.6 is 0 Å². The number of rotatable bonds is 25. The van der Waals surface area contributed by atoms with Gasteiger partial charge in [-0.25, -0.2) is 0 Å². The van der Waals surface area contributed by atoms with Gasteiger partial charge in [0.1, 0.15) is 0 Å². The van der Waals surface area contributed by atoms with Gasteiger partial charge in [0.05, 0.1) is 0 Å². The molecule has 3 heteroatoms. The maximum atomic E-state index is 5.87. The van der Waals surface area contributed by atoms with Gasteiger partial charge in [0, 0.05) is 18.9 Å². The molecule has 1 atom stereocenters. The van der Waals surface area contributed by atoms with Crippen LogP contribution in [0.25, 0.3) is 0 Å². The second-order valence-corrected chi connectivity index (χ2v) is 10.3. The third kappa shape index (κ3) is 33.6. The molecule has 0 aromatic rings. The molecule has 0 bridgehead atoms. The average molecular weight is 483 g/mol. The Hall–Kier alpha value is -0.540. The number of unbranched alkanes of at least 4 members (excludes halogenated alkanes) is 14. The molecule has 3 nitrogen and oxygen atoms in total. The molecule has 4 N–H and O–H groups in total. The normalized spacial score (nSPS) is 12.4. The summed E-state index contributed by atoms with van der Waals surface area (Å²) in [5.74, 6) is 0.819. The molecule has 34 heavy (non-hydrogen) atoms. The molecule has 0 aliphatic rings. The molecular formula is C31H66N2O.